The summed E-state index contributed by atoms with van der Waals surface area (Å²) in [5, 5.41) is 12.5. The Morgan fingerprint density at radius 1 is 1.00 bits per heavy atom. The smallest absolute Gasteiger partial charge is 0.244 e. The van der Waals surface area contributed by atoms with Crippen molar-refractivity contribution >= 4 is 23.7 Å². The lowest BCUT2D eigenvalue weighted by atomic mass is 10.2. The van der Waals surface area contributed by atoms with Gasteiger partial charge in [0.05, 0.1) is 20.2 Å². The van der Waals surface area contributed by atoms with Crippen LogP contribution < -0.4 is 10.1 Å². The number of ether oxygens (including phenoxy) is 1. The van der Waals surface area contributed by atoms with Crippen LogP contribution in [0.5, 0.6) is 5.75 Å². The van der Waals surface area contributed by atoms with Gasteiger partial charge in [-0.2, -0.15) is 0 Å². The monoisotopic (exact) mass is 471 g/mol. The Morgan fingerprint density at radius 2 is 1.76 bits per heavy atom. The first kappa shape index (κ1) is 23.3. The maximum Gasteiger partial charge on any atom is 0.244 e. The first-order valence-electron chi connectivity index (χ1n) is 10.8. The molecule has 0 atom stereocenters. The van der Waals surface area contributed by atoms with E-state index in [-0.39, 0.29) is 12.5 Å². The molecule has 0 saturated carbocycles. The van der Waals surface area contributed by atoms with Crippen LogP contribution in [0, 0.1) is 0 Å². The lowest BCUT2D eigenvalue weighted by molar-refractivity contribution is -0.116. The van der Waals surface area contributed by atoms with Crippen molar-refractivity contribution in [2.24, 2.45) is 0 Å². The fourth-order valence-corrected chi connectivity index (χ4v) is 4.13. The number of carbonyl (C=O) groups excluding carboxylic acids is 1. The standard InChI is InChI=1S/C26H25N5O2S/c1-33-23-10-7-20(8-11-23)9-12-25(32)28-17-24-29-30-26(34-19-22-13-15-27-16-14-22)31(24)18-21-5-3-2-4-6-21/h2-16H,17-19H2,1H3,(H,28,32). The van der Waals surface area contributed by atoms with Crippen LogP contribution in [0.3, 0.4) is 0 Å². The highest BCUT2D eigenvalue weighted by Gasteiger charge is 2.14. The van der Waals surface area contributed by atoms with Gasteiger partial charge in [0, 0.05) is 24.2 Å². The van der Waals surface area contributed by atoms with Gasteiger partial charge in [0.15, 0.2) is 11.0 Å². The summed E-state index contributed by atoms with van der Waals surface area (Å²) in [6, 6.07) is 21.6. The summed E-state index contributed by atoms with van der Waals surface area (Å²) in [7, 11) is 1.62. The van der Waals surface area contributed by atoms with Crippen LogP contribution in [-0.2, 0) is 23.6 Å². The highest BCUT2D eigenvalue weighted by atomic mass is 32.2. The minimum atomic E-state index is -0.198. The molecule has 0 radical (unpaired) electrons. The van der Waals surface area contributed by atoms with E-state index in [4.69, 9.17) is 4.74 Å². The number of carbonyl (C=O) groups is 1. The second-order valence-corrected chi connectivity index (χ2v) is 8.38. The second-order valence-electron chi connectivity index (χ2n) is 7.44. The summed E-state index contributed by atoms with van der Waals surface area (Å²) in [5.74, 6) is 2.03. The van der Waals surface area contributed by atoms with Crippen molar-refractivity contribution in [1.82, 2.24) is 25.1 Å². The Hall–Kier alpha value is -3.91. The average Bonchev–Trinajstić information content (AvgIpc) is 3.27. The Bertz CT molecular complexity index is 1230. The molecule has 8 heteroatoms. The molecule has 34 heavy (non-hydrogen) atoms. The largest absolute Gasteiger partial charge is 0.497 e. The number of thioether (sulfide) groups is 1. The summed E-state index contributed by atoms with van der Waals surface area (Å²) in [4.78, 5) is 16.5. The first-order valence-corrected chi connectivity index (χ1v) is 11.8. The number of nitrogens with zero attached hydrogens (tertiary/aromatic N) is 4. The molecule has 2 aromatic carbocycles. The third kappa shape index (κ3) is 6.55. The highest BCUT2D eigenvalue weighted by Crippen LogP contribution is 2.23. The number of aromatic nitrogens is 4. The fourth-order valence-electron chi connectivity index (χ4n) is 3.22. The van der Waals surface area contributed by atoms with Gasteiger partial charge in [-0.25, -0.2) is 0 Å². The number of pyridine rings is 1. The SMILES string of the molecule is COc1ccc(C=CC(=O)NCc2nnc(SCc3ccncc3)n2Cc2ccccc2)cc1. The summed E-state index contributed by atoms with van der Waals surface area (Å²) in [6.45, 7) is 0.904. The molecule has 0 aliphatic heterocycles. The van der Waals surface area contributed by atoms with Crippen molar-refractivity contribution in [3.63, 3.8) is 0 Å². The molecule has 7 nitrogen and oxygen atoms in total. The number of methoxy groups -OCH3 is 1. The van der Waals surface area contributed by atoms with Gasteiger partial charge in [-0.3, -0.25) is 9.78 Å². The zero-order valence-electron chi connectivity index (χ0n) is 18.8. The van der Waals surface area contributed by atoms with Gasteiger partial charge in [-0.1, -0.05) is 54.2 Å². The average molecular weight is 472 g/mol. The van der Waals surface area contributed by atoms with Crippen LogP contribution >= 0.6 is 11.8 Å². The summed E-state index contributed by atoms with van der Waals surface area (Å²) in [6.07, 6.45) is 6.84. The minimum absolute atomic E-state index is 0.198. The van der Waals surface area contributed by atoms with Gasteiger partial charge in [0.1, 0.15) is 5.75 Å². The van der Waals surface area contributed by atoms with Crippen molar-refractivity contribution < 1.29 is 9.53 Å². The van der Waals surface area contributed by atoms with E-state index in [0.29, 0.717) is 12.4 Å². The second kappa shape index (κ2) is 11.8. The normalized spacial score (nSPS) is 11.0. The van der Waals surface area contributed by atoms with Crippen LogP contribution in [-0.4, -0.2) is 32.8 Å². The van der Waals surface area contributed by atoms with Crippen LogP contribution in [0.25, 0.3) is 6.08 Å². The molecule has 1 N–H and O–H groups in total. The molecule has 1 amide bonds. The number of hydrogen-bond donors (Lipinski definition) is 1. The van der Waals surface area contributed by atoms with Gasteiger partial charge in [-0.15, -0.1) is 10.2 Å². The van der Waals surface area contributed by atoms with E-state index >= 15 is 0 Å². The van der Waals surface area contributed by atoms with Crippen molar-refractivity contribution in [3.05, 3.63) is 108 Å². The first-order chi connectivity index (χ1) is 16.7. The summed E-state index contributed by atoms with van der Waals surface area (Å²) < 4.78 is 7.21. The number of amides is 1. The van der Waals surface area contributed by atoms with Gasteiger partial charge in [-0.05, 0) is 47.0 Å². The number of hydrogen-bond acceptors (Lipinski definition) is 6. The Labute approximate surface area is 202 Å². The molecule has 0 aliphatic carbocycles. The highest BCUT2D eigenvalue weighted by molar-refractivity contribution is 7.98. The van der Waals surface area contributed by atoms with Gasteiger partial charge < -0.3 is 14.6 Å². The van der Waals surface area contributed by atoms with E-state index in [1.807, 2.05) is 54.6 Å². The lowest BCUT2D eigenvalue weighted by Gasteiger charge is -2.11. The molecule has 2 aromatic heterocycles. The maximum atomic E-state index is 12.4. The van der Waals surface area contributed by atoms with Gasteiger partial charge in [0.2, 0.25) is 5.91 Å². The predicted octanol–water partition coefficient (Wildman–Crippen LogP) is 4.35. The van der Waals surface area contributed by atoms with Crippen molar-refractivity contribution in [1.29, 1.82) is 0 Å². The molecule has 4 rings (SSSR count). The van der Waals surface area contributed by atoms with E-state index in [0.717, 1.165) is 33.3 Å². The molecular formula is C26H25N5O2S. The zero-order valence-corrected chi connectivity index (χ0v) is 19.6. The third-order valence-corrected chi connectivity index (χ3v) is 6.10. The predicted molar refractivity (Wildman–Crippen MR) is 133 cm³/mol. The van der Waals surface area contributed by atoms with E-state index in [1.54, 1.807) is 37.3 Å². The molecule has 0 aliphatic rings. The number of benzene rings is 2. The topological polar surface area (TPSA) is 81.9 Å². The van der Waals surface area contributed by atoms with Gasteiger partial charge in [0.25, 0.3) is 0 Å². The Kier molecular flexibility index (Phi) is 8.08. The van der Waals surface area contributed by atoms with E-state index in [2.05, 4.69) is 37.2 Å². The zero-order chi connectivity index (χ0) is 23.6. The Morgan fingerprint density at radius 3 is 2.50 bits per heavy atom. The summed E-state index contributed by atoms with van der Waals surface area (Å²) >= 11 is 1.61. The van der Waals surface area contributed by atoms with Crippen LogP contribution in [0.2, 0.25) is 0 Å². The molecular weight excluding hydrogens is 446 g/mol. The molecule has 0 unspecified atom stereocenters. The fraction of sp³-hybridized carbons (Fsp3) is 0.154. The number of nitrogens with one attached hydrogen (secondary N) is 1. The van der Waals surface area contributed by atoms with E-state index in [1.165, 1.54) is 6.08 Å². The van der Waals surface area contributed by atoms with Gasteiger partial charge >= 0.3 is 0 Å². The molecule has 172 valence electrons. The summed E-state index contributed by atoms with van der Waals surface area (Å²) in [5.41, 5.74) is 3.21. The quantitative estimate of drug-likeness (QED) is 0.274. The minimum Gasteiger partial charge on any atom is -0.497 e. The molecule has 0 saturated heterocycles. The maximum absolute atomic E-state index is 12.4. The van der Waals surface area contributed by atoms with E-state index in [9.17, 15) is 4.79 Å². The van der Waals surface area contributed by atoms with Crippen LogP contribution in [0.1, 0.15) is 22.5 Å². The Balaban J connectivity index is 1.43. The molecule has 0 spiro atoms. The lowest BCUT2D eigenvalue weighted by Crippen LogP contribution is -2.23. The van der Waals surface area contributed by atoms with Crippen LogP contribution in [0.15, 0.2) is 90.4 Å². The van der Waals surface area contributed by atoms with Crippen molar-refractivity contribution in [3.8, 4) is 5.75 Å². The molecule has 0 bridgehead atoms. The van der Waals surface area contributed by atoms with E-state index < -0.39 is 0 Å². The van der Waals surface area contributed by atoms with Crippen molar-refractivity contribution in [2.45, 2.75) is 24.0 Å². The molecule has 0 fully saturated rings. The van der Waals surface area contributed by atoms with Crippen molar-refractivity contribution in [2.75, 3.05) is 7.11 Å². The molecule has 2 heterocycles. The van der Waals surface area contributed by atoms with Crippen LogP contribution in [0.4, 0.5) is 0 Å². The third-order valence-electron chi connectivity index (χ3n) is 5.06. The number of rotatable bonds is 10. The molecule has 4 aromatic rings.